The Morgan fingerprint density at radius 3 is 2.20 bits per heavy atom. The van der Waals surface area contributed by atoms with Gasteiger partial charge in [0.15, 0.2) is 0 Å². The van der Waals surface area contributed by atoms with E-state index in [1.807, 2.05) is 6.92 Å². The van der Waals surface area contributed by atoms with Crippen LogP contribution in [0.1, 0.15) is 58.8 Å². The fourth-order valence-electron chi connectivity index (χ4n) is 5.28. The molecule has 0 spiro atoms. The van der Waals surface area contributed by atoms with Crippen molar-refractivity contribution in [1.82, 2.24) is 0 Å². The summed E-state index contributed by atoms with van der Waals surface area (Å²) >= 11 is 0. The van der Waals surface area contributed by atoms with Crippen LogP contribution < -0.4 is 0 Å². The van der Waals surface area contributed by atoms with E-state index in [4.69, 9.17) is 4.74 Å². The minimum Gasteiger partial charge on any atom is -0.459 e. The number of esters is 1. The Morgan fingerprint density at radius 2 is 1.70 bits per heavy atom. The Balaban J connectivity index is 1.49. The van der Waals surface area contributed by atoms with Gasteiger partial charge in [0.2, 0.25) is 0 Å². The van der Waals surface area contributed by atoms with Crippen molar-refractivity contribution in [3.8, 4) is 0 Å². The van der Waals surface area contributed by atoms with Gasteiger partial charge < -0.3 is 4.74 Å². The zero-order chi connectivity index (χ0) is 14.3. The second kappa shape index (κ2) is 5.54. The molecule has 0 aromatic carbocycles. The van der Waals surface area contributed by atoms with Crippen LogP contribution in [-0.4, -0.2) is 12.1 Å². The molecule has 0 amide bonds. The number of carbonyl (C=O) groups excluding carboxylic acids is 1. The van der Waals surface area contributed by atoms with E-state index in [-0.39, 0.29) is 12.1 Å². The molecule has 1 atom stereocenters. The summed E-state index contributed by atoms with van der Waals surface area (Å²) in [6.45, 7) is 7.38. The summed E-state index contributed by atoms with van der Waals surface area (Å²) in [5.41, 5.74) is 0.506. The van der Waals surface area contributed by atoms with Gasteiger partial charge >= 0.3 is 5.97 Å². The van der Waals surface area contributed by atoms with Gasteiger partial charge in [0, 0.05) is 5.57 Å². The first kappa shape index (κ1) is 14.2. The van der Waals surface area contributed by atoms with Crippen molar-refractivity contribution in [2.24, 2.45) is 29.6 Å². The fourth-order valence-corrected chi connectivity index (χ4v) is 5.28. The van der Waals surface area contributed by atoms with Gasteiger partial charge in [0.05, 0.1) is 6.10 Å². The highest BCUT2D eigenvalue weighted by Crippen LogP contribution is 2.57. The summed E-state index contributed by atoms with van der Waals surface area (Å²) in [6.07, 6.45) is 9.76. The van der Waals surface area contributed by atoms with Crippen LogP contribution >= 0.6 is 0 Å². The minimum absolute atomic E-state index is 0.0383. The van der Waals surface area contributed by atoms with Gasteiger partial charge in [0.25, 0.3) is 0 Å². The maximum absolute atomic E-state index is 11.5. The maximum atomic E-state index is 11.5. The minimum atomic E-state index is -0.234. The molecule has 4 aliphatic carbocycles. The van der Waals surface area contributed by atoms with Gasteiger partial charge in [-0.3, -0.25) is 0 Å². The van der Waals surface area contributed by atoms with Gasteiger partial charge in [-0.1, -0.05) is 6.58 Å². The normalized spacial score (nSPS) is 39.6. The molecule has 112 valence electrons. The molecule has 2 nitrogen and oxygen atoms in total. The van der Waals surface area contributed by atoms with Crippen molar-refractivity contribution in [1.29, 1.82) is 0 Å². The Hall–Kier alpha value is -0.790. The van der Waals surface area contributed by atoms with Crippen LogP contribution in [0.25, 0.3) is 0 Å². The largest absolute Gasteiger partial charge is 0.459 e. The standard InChI is InChI=1S/C18H28O2/c1-11(2)18(19)20-12(3)4-5-17-15-7-13-6-14(9-15)10-16(17)8-13/h12-17H,1,4-10H2,2-3H3. The van der Waals surface area contributed by atoms with Gasteiger partial charge in [-0.2, -0.15) is 0 Å². The average molecular weight is 276 g/mol. The van der Waals surface area contributed by atoms with Crippen LogP contribution in [0.3, 0.4) is 0 Å². The third-order valence-electron chi connectivity index (χ3n) is 5.99. The van der Waals surface area contributed by atoms with E-state index in [0.29, 0.717) is 5.57 Å². The highest BCUT2D eigenvalue weighted by Gasteiger charge is 2.47. The molecule has 2 heteroatoms. The lowest BCUT2D eigenvalue weighted by Crippen LogP contribution is -2.45. The molecular weight excluding hydrogens is 248 g/mol. The van der Waals surface area contributed by atoms with Crippen LogP contribution in [0.2, 0.25) is 0 Å². The second-order valence-corrected chi connectivity index (χ2v) is 7.67. The highest BCUT2D eigenvalue weighted by atomic mass is 16.5. The Labute approximate surface area is 123 Å². The lowest BCUT2D eigenvalue weighted by molar-refractivity contribution is -0.144. The van der Waals surface area contributed by atoms with E-state index in [1.54, 1.807) is 6.92 Å². The third-order valence-corrected chi connectivity index (χ3v) is 5.99. The molecule has 0 heterocycles. The lowest BCUT2D eigenvalue weighted by Gasteiger charge is -2.54. The van der Waals surface area contributed by atoms with Gasteiger partial charge in [-0.25, -0.2) is 4.79 Å². The summed E-state index contributed by atoms with van der Waals surface area (Å²) in [5, 5.41) is 0. The molecular formula is C18H28O2. The van der Waals surface area contributed by atoms with Crippen molar-refractivity contribution in [2.45, 2.75) is 64.9 Å². The van der Waals surface area contributed by atoms with Crippen LogP contribution in [0, 0.1) is 29.6 Å². The number of ether oxygens (including phenoxy) is 1. The predicted molar refractivity (Wildman–Crippen MR) is 80.1 cm³/mol. The lowest BCUT2D eigenvalue weighted by atomic mass is 9.51. The number of carbonyl (C=O) groups is 1. The molecule has 1 unspecified atom stereocenters. The van der Waals surface area contributed by atoms with Gasteiger partial charge in [0.1, 0.15) is 0 Å². The van der Waals surface area contributed by atoms with Crippen molar-refractivity contribution in [3.63, 3.8) is 0 Å². The zero-order valence-corrected chi connectivity index (χ0v) is 12.9. The predicted octanol–water partition coefficient (Wildman–Crippen LogP) is 4.35. The van der Waals surface area contributed by atoms with Crippen molar-refractivity contribution >= 4 is 5.97 Å². The first-order valence-corrected chi connectivity index (χ1v) is 8.39. The summed E-state index contributed by atoms with van der Waals surface area (Å²) in [7, 11) is 0. The summed E-state index contributed by atoms with van der Waals surface area (Å²) < 4.78 is 5.42. The van der Waals surface area contributed by atoms with E-state index in [9.17, 15) is 4.79 Å². The van der Waals surface area contributed by atoms with E-state index in [1.165, 1.54) is 38.5 Å². The third kappa shape index (κ3) is 2.80. The van der Waals surface area contributed by atoms with Gasteiger partial charge in [-0.05, 0) is 88.4 Å². The van der Waals surface area contributed by atoms with E-state index < -0.39 is 0 Å². The van der Waals surface area contributed by atoms with E-state index >= 15 is 0 Å². The quantitative estimate of drug-likeness (QED) is 0.551. The maximum Gasteiger partial charge on any atom is 0.333 e. The molecule has 4 fully saturated rings. The van der Waals surface area contributed by atoms with E-state index in [2.05, 4.69) is 6.58 Å². The van der Waals surface area contributed by atoms with Crippen molar-refractivity contribution in [3.05, 3.63) is 12.2 Å². The molecule has 4 aliphatic rings. The molecule has 4 saturated carbocycles. The second-order valence-electron chi connectivity index (χ2n) is 7.67. The summed E-state index contributed by atoms with van der Waals surface area (Å²) in [4.78, 5) is 11.5. The number of rotatable bonds is 5. The fraction of sp³-hybridized carbons (Fsp3) is 0.833. The van der Waals surface area contributed by atoms with Crippen LogP contribution in [-0.2, 0) is 9.53 Å². The molecule has 20 heavy (non-hydrogen) atoms. The Bertz CT molecular complexity index is 370. The molecule has 0 N–H and O–H groups in total. The number of hydrogen-bond acceptors (Lipinski definition) is 2. The monoisotopic (exact) mass is 276 g/mol. The smallest absolute Gasteiger partial charge is 0.333 e. The molecule has 0 aliphatic heterocycles. The van der Waals surface area contributed by atoms with Gasteiger partial charge in [-0.15, -0.1) is 0 Å². The SMILES string of the molecule is C=C(C)C(=O)OC(C)CCC1C2CC3CC(C2)CC1C3. The molecule has 4 rings (SSSR count). The summed E-state index contributed by atoms with van der Waals surface area (Å²) in [5.74, 6) is 4.74. The van der Waals surface area contributed by atoms with Crippen molar-refractivity contribution < 1.29 is 9.53 Å². The van der Waals surface area contributed by atoms with E-state index in [0.717, 1.165) is 36.0 Å². The zero-order valence-electron chi connectivity index (χ0n) is 12.9. The van der Waals surface area contributed by atoms with Crippen LogP contribution in [0.5, 0.6) is 0 Å². The Morgan fingerprint density at radius 1 is 1.15 bits per heavy atom. The molecule has 0 aromatic heterocycles. The molecule has 0 saturated heterocycles. The Kier molecular flexibility index (Phi) is 3.92. The molecule has 0 aromatic rings. The van der Waals surface area contributed by atoms with Crippen LogP contribution in [0.15, 0.2) is 12.2 Å². The highest BCUT2D eigenvalue weighted by molar-refractivity contribution is 5.87. The molecule has 0 radical (unpaired) electrons. The topological polar surface area (TPSA) is 26.3 Å². The molecule has 4 bridgehead atoms. The number of hydrogen-bond donors (Lipinski definition) is 0. The summed E-state index contributed by atoms with van der Waals surface area (Å²) in [6, 6.07) is 0. The van der Waals surface area contributed by atoms with Crippen molar-refractivity contribution in [2.75, 3.05) is 0 Å². The average Bonchev–Trinajstić information content (AvgIpc) is 2.36. The first-order chi connectivity index (χ1) is 9.52. The van der Waals surface area contributed by atoms with Crippen LogP contribution in [0.4, 0.5) is 0 Å². The first-order valence-electron chi connectivity index (χ1n) is 8.39.